The lowest BCUT2D eigenvalue weighted by molar-refractivity contribution is -0.131. The second-order valence-corrected chi connectivity index (χ2v) is 9.88. The van der Waals surface area contributed by atoms with E-state index >= 15 is 0 Å². The van der Waals surface area contributed by atoms with Crippen molar-refractivity contribution >= 4 is 33.2 Å². The lowest BCUT2D eigenvalue weighted by atomic mass is 10.0. The van der Waals surface area contributed by atoms with Crippen molar-refractivity contribution in [1.29, 1.82) is 0 Å². The van der Waals surface area contributed by atoms with Crippen molar-refractivity contribution in [1.82, 2.24) is 9.21 Å². The minimum atomic E-state index is -3.81. The van der Waals surface area contributed by atoms with E-state index in [1.807, 2.05) is 30.3 Å². The fourth-order valence-corrected chi connectivity index (χ4v) is 5.10. The van der Waals surface area contributed by atoms with E-state index in [1.165, 1.54) is 13.1 Å². The Bertz CT molecular complexity index is 1080. The van der Waals surface area contributed by atoms with Gasteiger partial charge in [-0.05, 0) is 42.3 Å². The highest BCUT2D eigenvalue weighted by molar-refractivity contribution is 7.89. The van der Waals surface area contributed by atoms with E-state index < -0.39 is 10.0 Å². The molecule has 2 aliphatic heterocycles. The highest BCUT2D eigenvalue weighted by atomic mass is 32.2. The molecule has 0 radical (unpaired) electrons. The first kappa shape index (κ1) is 21.3. The molecule has 0 unspecified atom stereocenters. The van der Waals surface area contributed by atoms with Crippen LogP contribution < -0.4 is 10.2 Å². The van der Waals surface area contributed by atoms with Crippen LogP contribution in [0.1, 0.15) is 12.0 Å². The summed E-state index contributed by atoms with van der Waals surface area (Å²) in [4.78, 5) is 28.3. The van der Waals surface area contributed by atoms with Gasteiger partial charge < -0.3 is 15.1 Å². The van der Waals surface area contributed by atoms with E-state index in [0.29, 0.717) is 44.7 Å². The summed E-state index contributed by atoms with van der Waals surface area (Å²) in [6.07, 6.45) is 0.832. The minimum absolute atomic E-state index is 0.0711. The van der Waals surface area contributed by atoms with E-state index in [2.05, 4.69) is 10.2 Å². The maximum Gasteiger partial charge on any atom is 0.243 e. The van der Waals surface area contributed by atoms with Crippen LogP contribution in [0.25, 0.3) is 0 Å². The van der Waals surface area contributed by atoms with Crippen LogP contribution in [0.15, 0.2) is 53.4 Å². The number of fused-ring (bicyclic) bond motifs is 1. The Labute approximate surface area is 182 Å². The summed E-state index contributed by atoms with van der Waals surface area (Å²) in [5.41, 5.74) is 2.56. The molecule has 0 saturated carbocycles. The summed E-state index contributed by atoms with van der Waals surface area (Å²) in [6, 6.07) is 14.7. The molecule has 2 heterocycles. The lowest BCUT2D eigenvalue weighted by Gasteiger charge is -2.36. The van der Waals surface area contributed by atoms with E-state index in [1.54, 1.807) is 17.0 Å². The first-order valence-corrected chi connectivity index (χ1v) is 11.8. The highest BCUT2D eigenvalue weighted by Crippen LogP contribution is 2.26. The zero-order valence-electron chi connectivity index (χ0n) is 17.5. The van der Waals surface area contributed by atoms with Gasteiger partial charge in [-0.1, -0.05) is 18.2 Å². The number of likely N-dealkylation sites (N-methyl/N-ethyl adjacent to an activating group) is 1. The Morgan fingerprint density at radius 3 is 2.45 bits per heavy atom. The van der Waals surface area contributed by atoms with Crippen molar-refractivity contribution in [2.45, 2.75) is 17.7 Å². The van der Waals surface area contributed by atoms with Gasteiger partial charge in [0.15, 0.2) is 0 Å². The van der Waals surface area contributed by atoms with Crippen molar-refractivity contribution in [3.63, 3.8) is 0 Å². The van der Waals surface area contributed by atoms with Crippen molar-refractivity contribution in [3.05, 3.63) is 54.1 Å². The Hall–Kier alpha value is -2.91. The number of anilines is 2. The predicted molar refractivity (Wildman–Crippen MR) is 118 cm³/mol. The number of para-hydroxylation sites is 1. The van der Waals surface area contributed by atoms with Crippen LogP contribution in [-0.2, 0) is 26.0 Å². The molecule has 164 valence electrons. The summed E-state index contributed by atoms with van der Waals surface area (Å²) >= 11 is 0. The standard InChI is InChI=1S/C22H26N4O4S/c1-24(31(29,30)19-8-9-20-17(15-19)7-10-21(27)23-20)16-22(28)26-13-11-25(12-14-26)18-5-3-2-4-6-18/h2-6,8-9,15H,7,10-14,16H2,1H3,(H,23,27). The van der Waals surface area contributed by atoms with Crippen molar-refractivity contribution < 1.29 is 18.0 Å². The number of carbonyl (C=O) groups is 2. The molecule has 2 amide bonds. The summed E-state index contributed by atoms with van der Waals surface area (Å²) in [5, 5.41) is 2.75. The molecule has 31 heavy (non-hydrogen) atoms. The quantitative estimate of drug-likeness (QED) is 0.759. The number of nitrogens with one attached hydrogen (secondary N) is 1. The fraction of sp³-hybridized carbons (Fsp3) is 0.364. The molecule has 2 aliphatic rings. The van der Waals surface area contributed by atoms with Crippen LogP contribution in [0.3, 0.4) is 0 Å². The maximum atomic E-state index is 13.0. The van der Waals surface area contributed by atoms with Gasteiger partial charge in [-0.15, -0.1) is 0 Å². The summed E-state index contributed by atoms with van der Waals surface area (Å²) in [7, 11) is -2.39. The first-order valence-electron chi connectivity index (χ1n) is 10.3. The van der Waals surface area contributed by atoms with Gasteiger partial charge in [-0.3, -0.25) is 9.59 Å². The monoisotopic (exact) mass is 442 g/mol. The third-order valence-corrected chi connectivity index (χ3v) is 7.59. The van der Waals surface area contributed by atoms with Gasteiger partial charge in [0.2, 0.25) is 21.8 Å². The van der Waals surface area contributed by atoms with E-state index in [9.17, 15) is 18.0 Å². The number of hydrogen-bond acceptors (Lipinski definition) is 5. The summed E-state index contributed by atoms with van der Waals surface area (Å²) in [5.74, 6) is -0.276. The van der Waals surface area contributed by atoms with Gasteiger partial charge >= 0.3 is 0 Å². The van der Waals surface area contributed by atoms with Gasteiger partial charge in [0.05, 0.1) is 11.4 Å². The second kappa shape index (κ2) is 8.68. The second-order valence-electron chi connectivity index (χ2n) is 7.83. The van der Waals surface area contributed by atoms with Crippen LogP contribution in [0.5, 0.6) is 0 Å². The van der Waals surface area contributed by atoms with Crippen LogP contribution in [0, 0.1) is 0 Å². The molecular formula is C22H26N4O4S. The number of nitrogens with zero attached hydrogens (tertiary/aromatic N) is 3. The number of piperazine rings is 1. The molecule has 9 heteroatoms. The highest BCUT2D eigenvalue weighted by Gasteiger charge is 2.28. The Kier molecular flexibility index (Phi) is 5.97. The molecule has 0 aromatic heterocycles. The molecule has 1 saturated heterocycles. The molecule has 8 nitrogen and oxygen atoms in total. The van der Waals surface area contributed by atoms with E-state index in [-0.39, 0.29) is 23.3 Å². The van der Waals surface area contributed by atoms with Gasteiger partial charge in [0, 0.05) is 51.0 Å². The molecule has 2 aromatic carbocycles. The fourth-order valence-electron chi connectivity index (χ4n) is 3.93. The SMILES string of the molecule is CN(CC(=O)N1CCN(c2ccccc2)CC1)S(=O)(=O)c1ccc2c(c1)CCC(=O)N2. The van der Waals surface area contributed by atoms with Crippen molar-refractivity contribution in [2.75, 3.05) is 50.0 Å². The minimum Gasteiger partial charge on any atom is -0.368 e. The smallest absolute Gasteiger partial charge is 0.243 e. The number of sulfonamides is 1. The molecule has 0 spiro atoms. The normalized spacial score (nSPS) is 16.8. The average Bonchev–Trinajstić information content (AvgIpc) is 2.79. The zero-order valence-corrected chi connectivity index (χ0v) is 18.3. The number of carbonyl (C=O) groups excluding carboxylic acids is 2. The molecule has 0 aliphatic carbocycles. The summed E-state index contributed by atoms with van der Waals surface area (Å²) in [6.45, 7) is 2.33. The Balaban J connectivity index is 1.38. The molecule has 1 fully saturated rings. The first-order chi connectivity index (χ1) is 14.8. The van der Waals surface area contributed by atoms with Crippen LogP contribution in [-0.4, -0.2) is 69.2 Å². The van der Waals surface area contributed by atoms with E-state index in [0.717, 1.165) is 15.6 Å². The predicted octanol–water partition coefficient (Wildman–Crippen LogP) is 1.54. The molecule has 4 rings (SSSR count). The van der Waals surface area contributed by atoms with Crippen LogP contribution in [0.4, 0.5) is 11.4 Å². The average molecular weight is 443 g/mol. The van der Waals surface area contributed by atoms with Gasteiger partial charge in [-0.25, -0.2) is 8.42 Å². The van der Waals surface area contributed by atoms with Crippen molar-refractivity contribution in [3.8, 4) is 0 Å². The van der Waals surface area contributed by atoms with Gasteiger partial charge in [-0.2, -0.15) is 4.31 Å². The zero-order chi connectivity index (χ0) is 22.0. The van der Waals surface area contributed by atoms with Crippen LogP contribution >= 0.6 is 0 Å². The number of aryl methyl sites for hydroxylation is 1. The molecule has 0 bridgehead atoms. The lowest BCUT2D eigenvalue weighted by Crippen LogP contribution is -2.51. The third kappa shape index (κ3) is 4.57. The Morgan fingerprint density at radius 2 is 1.74 bits per heavy atom. The van der Waals surface area contributed by atoms with Crippen molar-refractivity contribution in [2.24, 2.45) is 0 Å². The summed E-state index contributed by atoms with van der Waals surface area (Å²) < 4.78 is 27.1. The third-order valence-electron chi connectivity index (χ3n) is 5.79. The van der Waals surface area contributed by atoms with Crippen LogP contribution in [0.2, 0.25) is 0 Å². The largest absolute Gasteiger partial charge is 0.368 e. The molecule has 2 aromatic rings. The maximum absolute atomic E-state index is 13.0. The number of hydrogen-bond donors (Lipinski definition) is 1. The molecule has 0 atom stereocenters. The Morgan fingerprint density at radius 1 is 1.03 bits per heavy atom. The van der Waals surface area contributed by atoms with Gasteiger partial charge in [0.25, 0.3) is 0 Å². The number of benzene rings is 2. The molecule has 1 N–H and O–H groups in total. The number of rotatable bonds is 5. The molecular weight excluding hydrogens is 416 g/mol. The van der Waals surface area contributed by atoms with Gasteiger partial charge in [0.1, 0.15) is 0 Å². The van der Waals surface area contributed by atoms with E-state index in [4.69, 9.17) is 0 Å². The number of amides is 2. The topological polar surface area (TPSA) is 90.0 Å².